The van der Waals surface area contributed by atoms with Crippen molar-refractivity contribution in [3.63, 3.8) is 0 Å². The number of aromatic nitrogens is 1. The summed E-state index contributed by atoms with van der Waals surface area (Å²) >= 11 is 0. The highest BCUT2D eigenvalue weighted by Gasteiger charge is 2.29. The maximum Gasteiger partial charge on any atom is 0.473 e. The minimum absolute atomic E-state index is 0.233. The van der Waals surface area contributed by atoms with Gasteiger partial charge >= 0.3 is 15.6 Å². The Morgan fingerprint density at radius 1 is 1.06 bits per heavy atom. The van der Waals surface area contributed by atoms with Gasteiger partial charge in [-0.25, -0.2) is 18.2 Å². The normalized spacial score (nSPS) is 12.7. The molecule has 0 bridgehead atoms. The summed E-state index contributed by atoms with van der Waals surface area (Å²) in [5.41, 5.74) is 0.233. The molecule has 0 unspecified atom stereocenters. The third-order valence-electron chi connectivity index (χ3n) is 1.43. The molecular formula is C6H10N2O8P2. The molecule has 10 nitrogen and oxygen atoms in total. The smallest absolute Gasteiger partial charge is 0.336 e. The molecule has 0 aromatic carbocycles. The molecule has 18 heavy (non-hydrogen) atoms. The SMILES string of the molecule is O=P(O)(O)OC(Nc1ccncc1)OP(=O)(O)O. The average molecular weight is 300 g/mol. The van der Waals surface area contributed by atoms with E-state index in [-0.39, 0.29) is 5.69 Å². The van der Waals surface area contributed by atoms with Crippen molar-refractivity contribution in [1.82, 2.24) is 4.98 Å². The van der Waals surface area contributed by atoms with Crippen LogP contribution in [0.1, 0.15) is 0 Å². The van der Waals surface area contributed by atoms with Crippen molar-refractivity contribution in [2.75, 3.05) is 5.32 Å². The Hall–Kier alpha value is -0.830. The molecular weight excluding hydrogens is 290 g/mol. The zero-order valence-corrected chi connectivity index (χ0v) is 10.4. The van der Waals surface area contributed by atoms with Gasteiger partial charge in [0, 0.05) is 18.1 Å². The molecule has 1 rings (SSSR count). The highest BCUT2D eigenvalue weighted by molar-refractivity contribution is 7.47. The van der Waals surface area contributed by atoms with E-state index in [4.69, 9.17) is 19.6 Å². The van der Waals surface area contributed by atoms with Crippen molar-refractivity contribution in [3.8, 4) is 0 Å². The van der Waals surface area contributed by atoms with E-state index in [1.165, 1.54) is 24.5 Å². The number of rotatable bonds is 6. The van der Waals surface area contributed by atoms with E-state index in [0.29, 0.717) is 0 Å². The van der Waals surface area contributed by atoms with Crippen molar-refractivity contribution in [2.45, 2.75) is 6.41 Å². The van der Waals surface area contributed by atoms with Crippen LogP contribution in [0.2, 0.25) is 0 Å². The second-order valence-electron chi connectivity index (χ2n) is 2.90. The first kappa shape index (κ1) is 15.2. The van der Waals surface area contributed by atoms with Gasteiger partial charge in [0.25, 0.3) is 6.41 Å². The zero-order chi connectivity index (χ0) is 13.8. The summed E-state index contributed by atoms with van der Waals surface area (Å²) < 4.78 is 29.3. The van der Waals surface area contributed by atoms with Crippen molar-refractivity contribution >= 4 is 21.3 Å². The minimum Gasteiger partial charge on any atom is -0.336 e. The lowest BCUT2D eigenvalue weighted by atomic mass is 10.4. The Balaban J connectivity index is 2.78. The Morgan fingerprint density at radius 3 is 1.89 bits per heavy atom. The number of pyridine rings is 1. The van der Waals surface area contributed by atoms with Gasteiger partial charge in [-0.1, -0.05) is 0 Å². The molecule has 0 spiro atoms. The molecule has 0 saturated heterocycles. The van der Waals surface area contributed by atoms with E-state index in [0.717, 1.165) is 0 Å². The van der Waals surface area contributed by atoms with Gasteiger partial charge in [0.05, 0.1) is 0 Å². The summed E-state index contributed by atoms with van der Waals surface area (Å²) in [7, 11) is -9.98. The summed E-state index contributed by atoms with van der Waals surface area (Å²) in [6.45, 7) is 0. The first-order valence-corrected chi connectivity index (χ1v) is 7.36. The summed E-state index contributed by atoms with van der Waals surface area (Å²) in [5.74, 6) is 0. The van der Waals surface area contributed by atoms with Crippen LogP contribution in [0.3, 0.4) is 0 Å². The zero-order valence-electron chi connectivity index (χ0n) is 8.65. The van der Waals surface area contributed by atoms with Crippen LogP contribution >= 0.6 is 15.6 Å². The number of anilines is 1. The molecule has 1 heterocycles. The van der Waals surface area contributed by atoms with Crippen molar-refractivity contribution < 1.29 is 37.8 Å². The third kappa shape index (κ3) is 6.80. The number of nitrogens with one attached hydrogen (secondary N) is 1. The molecule has 1 aromatic rings. The van der Waals surface area contributed by atoms with Crippen molar-refractivity contribution in [1.29, 1.82) is 0 Å². The van der Waals surface area contributed by atoms with Crippen molar-refractivity contribution in [3.05, 3.63) is 24.5 Å². The lowest BCUT2D eigenvalue weighted by Gasteiger charge is -2.20. The van der Waals surface area contributed by atoms with E-state index in [9.17, 15) is 9.13 Å². The highest BCUT2D eigenvalue weighted by Crippen LogP contribution is 2.44. The van der Waals surface area contributed by atoms with Crippen LogP contribution < -0.4 is 5.32 Å². The van der Waals surface area contributed by atoms with E-state index in [1.807, 2.05) is 0 Å². The van der Waals surface area contributed by atoms with Crippen molar-refractivity contribution in [2.24, 2.45) is 0 Å². The summed E-state index contributed by atoms with van der Waals surface area (Å²) in [6, 6.07) is 2.75. The Kier molecular flexibility index (Phi) is 4.97. The molecule has 5 N–H and O–H groups in total. The van der Waals surface area contributed by atoms with Gasteiger partial charge in [-0.15, -0.1) is 0 Å². The van der Waals surface area contributed by atoms with E-state index < -0.39 is 22.1 Å². The van der Waals surface area contributed by atoms with Crippen LogP contribution in [0.5, 0.6) is 0 Å². The Labute approximate surface area is 101 Å². The summed E-state index contributed by atoms with van der Waals surface area (Å²) in [5, 5.41) is 2.22. The fraction of sp³-hybridized carbons (Fsp3) is 0.167. The molecule has 0 aliphatic carbocycles. The largest absolute Gasteiger partial charge is 0.473 e. The molecule has 1 aromatic heterocycles. The Bertz CT molecular complexity index is 446. The molecule has 0 aliphatic rings. The van der Waals surface area contributed by atoms with Gasteiger partial charge in [-0.2, -0.15) is 0 Å². The lowest BCUT2D eigenvalue weighted by molar-refractivity contribution is -0.0125. The van der Waals surface area contributed by atoms with E-state index >= 15 is 0 Å². The highest BCUT2D eigenvalue weighted by atomic mass is 31.2. The number of phosphoric ester groups is 2. The van der Waals surface area contributed by atoms with Gasteiger partial charge in [0.2, 0.25) is 0 Å². The van der Waals surface area contributed by atoms with Gasteiger partial charge in [-0.3, -0.25) is 4.98 Å². The second kappa shape index (κ2) is 5.87. The third-order valence-corrected chi connectivity index (χ3v) is 2.36. The number of hydrogen-bond donors (Lipinski definition) is 5. The quantitative estimate of drug-likeness (QED) is 0.357. The van der Waals surface area contributed by atoms with Crippen LogP contribution in [-0.2, 0) is 18.2 Å². The van der Waals surface area contributed by atoms with Gasteiger partial charge in [-0.05, 0) is 12.1 Å². The monoisotopic (exact) mass is 300 g/mol. The summed E-state index contributed by atoms with van der Waals surface area (Å²) in [6.07, 6.45) is 0.664. The number of nitrogens with zero attached hydrogens (tertiary/aromatic N) is 1. The predicted molar refractivity (Wildman–Crippen MR) is 57.9 cm³/mol. The first-order valence-electron chi connectivity index (χ1n) is 4.30. The topological polar surface area (TPSA) is 158 Å². The summed E-state index contributed by atoms with van der Waals surface area (Å²) in [4.78, 5) is 37.9. The lowest BCUT2D eigenvalue weighted by Crippen LogP contribution is -2.24. The second-order valence-corrected chi connectivity index (χ2v) is 5.29. The molecule has 0 radical (unpaired) electrons. The van der Waals surface area contributed by atoms with Gasteiger partial charge in [0.1, 0.15) is 0 Å². The van der Waals surface area contributed by atoms with Crippen LogP contribution in [0, 0.1) is 0 Å². The molecule has 12 heteroatoms. The molecule has 0 fully saturated rings. The minimum atomic E-state index is -4.99. The molecule has 102 valence electrons. The van der Waals surface area contributed by atoms with Crippen LogP contribution in [-0.4, -0.2) is 31.0 Å². The molecule has 0 saturated carbocycles. The maximum atomic E-state index is 10.6. The molecule has 0 amide bonds. The maximum absolute atomic E-state index is 10.6. The molecule has 0 aliphatic heterocycles. The number of hydrogen-bond acceptors (Lipinski definition) is 6. The first-order chi connectivity index (χ1) is 8.16. The van der Waals surface area contributed by atoms with E-state index in [2.05, 4.69) is 19.3 Å². The standard InChI is InChI=1S/C6H10N2O8P2/c9-17(10,11)15-6(16-18(12,13)14)8-5-1-3-7-4-2-5/h1-4,6H,(H,7,8)(H2,9,10,11)(H2,12,13,14). The fourth-order valence-electron chi connectivity index (χ4n) is 0.906. The van der Waals surface area contributed by atoms with Gasteiger partial charge < -0.3 is 24.9 Å². The van der Waals surface area contributed by atoms with Crippen LogP contribution in [0.15, 0.2) is 24.5 Å². The van der Waals surface area contributed by atoms with Gasteiger partial charge in [0.15, 0.2) is 0 Å². The average Bonchev–Trinajstić information content (AvgIpc) is 2.13. The van der Waals surface area contributed by atoms with E-state index in [1.54, 1.807) is 0 Å². The van der Waals surface area contributed by atoms with Crippen LogP contribution in [0.4, 0.5) is 5.69 Å². The predicted octanol–water partition coefficient (Wildman–Crippen LogP) is -0.00430. The number of phosphoric acid groups is 2. The fourth-order valence-corrected chi connectivity index (χ4v) is 1.66. The van der Waals surface area contributed by atoms with Crippen LogP contribution in [0.25, 0.3) is 0 Å². The molecule has 0 atom stereocenters. The Morgan fingerprint density at radius 2 is 1.50 bits per heavy atom.